The molecule has 0 saturated heterocycles. The van der Waals surface area contributed by atoms with E-state index in [1.165, 1.54) is 0 Å². The molecule has 90 valence electrons. The molecule has 1 aromatic carbocycles. The molecular weight excluding hydrogens is 259 g/mol. The predicted molar refractivity (Wildman–Crippen MR) is 68.2 cm³/mol. The van der Waals surface area contributed by atoms with Crippen molar-refractivity contribution < 1.29 is 4.79 Å². The van der Waals surface area contributed by atoms with Crippen LogP contribution in [0.3, 0.4) is 0 Å². The number of amides is 1. The van der Waals surface area contributed by atoms with E-state index in [0.29, 0.717) is 0 Å². The van der Waals surface area contributed by atoms with E-state index < -0.39 is 11.9 Å². The van der Waals surface area contributed by atoms with E-state index in [1.807, 2.05) is 19.9 Å². The Kier molecular flexibility index (Phi) is 4.80. The van der Waals surface area contributed by atoms with Gasteiger partial charge >= 0.3 is 0 Å². The molecule has 0 fully saturated rings. The zero-order valence-electron chi connectivity index (χ0n) is 9.50. The maximum absolute atomic E-state index is 11.9. The first-order valence-corrected chi connectivity index (χ1v) is 5.87. The lowest BCUT2D eigenvalue weighted by Crippen LogP contribution is -2.37. The van der Waals surface area contributed by atoms with Crippen molar-refractivity contribution in [1.29, 1.82) is 5.26 Å². The van der Waals surface area contributed by atoms with Gasteiger partial charge < -0.3 is 5.32 Å². The number of nitriles is 1. The molecule has 0 aliphatic heterocycles. The van der Waals surface area contributed by atoms with E-state index in [9.17, 15) is 4.79 Å². The Morgan fingerprint density at radius 2 is 1.88 bits per heavy atom. The summed E-state index contributed by atoms with van der Waals surface area (Å²) in [5.74, 6) is -0.411. The van der Waals surface area contributed by atoms with Crippen LogP contribution in [0.25, 0.3) is 0 Å². The maximum Gasteiger partial charge on any atom is 0.255 e. The summed E-state index contributed by atoms with van der Waals surface area (Å²) in [5, 5.41) is 12.0. The smallest absolute Gasteiger partial charge is 0.255 e. The first-order chi connectivity index (χ1) is 7.97. The molecule has 0 aromatic heterocycles. The molecule has 0 aliphatic rings. The molecule has 17 heavy (non-hydrogen) atoms. The number of carbonyl (C=O) groups is 1. The Bertz CT molecular complexity index is 446. The molecule has 0 radical (unpaired) electrons. The first-order valence-electron chi connectivity index (χ1n) is 5.12. The summed E-state index contributed by atoms with van der Waals surface area (Å²) in [4.78, 5) is 11.9. The molecule has 1 unspecified atom stereocenters. The molecule has 1 N–H and O–H groups in total. The number of halogens is 2. The van der Waals surface area contributed by atoms with Crippen LogP contribution in [0.5, 0.6) is 0 Å². The van der Waals surface area contributed by atoms with Crippen LogP contribution in [0.2, 0.25) is 10.0 Å². The number of rotatable bonds is 3. The zero-order chi connectivity index (χ0) is 13.0. The topological polar surface area (TPSA) is 52.9 Å². The lowest BCUT2D eigenvalue weighted by atomic mass is 10.1. The maximum atomic E-state index is 11.9. The van der Waals surface area contributed by atoms with Gasteiger partial charge in [-0.15, -0.1) is 0 Å². The fourth-order valence-corrected chi connectivity index (χ4v) is 1.85. The largest absolute Gasteiger partial charge is 0.336 e. The van der Waals surface area contributed by atoms with Crippen molar-refractivity contribution in [2.75, 3.05) is 0 Å². The van der Waals surface area contributed by atoms with Gasteiger partial charge in [0.2, 0.25) is 0 Å². The second kappa shape index (κ2) is 5.90. The van der Waals surface area contributed by atoms with Crippen LogP contribution in [0.4, 0.5) is 0 Å². The lowest BCUT2D eigenvalue weighted by molar-refractivity contribution is 0.0938. The summed E-state index contributed by atoms with van der Waals surface area (Å²) < 4.78 is 0. The van der Waals surface area contributed by atoms with E-state index in [2.05, 4.69) is 5.32 Å². The molecule has 0 aliphatic carbocycles. The average Bonchev–Trinajstić information content (AvgIpc) is 2.25. The summed E-state index contributed by atoms with van der Waals surface area (Å²) >= 11 is 11.8. The Labute approximate surface area is 110 Å². The summed E-state index contributed by atoms with van der Waals surface area (Å²) in [6.45, 7) is 3.70. The third kappa shape index (κ3) is 3.36. The van der Waals surface area contributed by atoms with Crippen LogP contribution < -0.4 is 5.32 Å². The molecule has 0 heterocycles. The fraction of sp³-hybridized carbons (Fsp3) is 0.333. The normalized spacial score (nSPS) is 12.0. The third-order valence-electron chi connectivity index (χ3n) is 2.28. The van der Waals surface area contributed by atoms with Gasteiger partial charge in [0, 0.05) is 0 Å². The van der Waals surface area contributed by atoms with Gasteiger partial charge in [0.15, 0.2) is 0 Å². The van der Waals surface area contributed by atoms with Crippen molar-refractivity contribution >= 4 is 29.1 Å². The molecule has 3 nitrogen and oxygen atoms in total. The number of nitrogens with one attached hydrogen (secondary N) is 1. The highest BCUT2D eigenvalue weighted by molar-refractivity contribution is 6.39. The number of hydrogen-bond acceptors (Lipinski definition) is 2. The van der Waals surface area contributed by atoms with Gasteiger partial charge in [0.25, 0.3) is 5.91 Å². The van der Waals surface area contributed by atoms with E-state index >= 15 is 0 Å². The van der Waals surface area contributed by atoms with Crippen molar-refractivity contribution in [3.63, 3.8) is 0 Å². The van der Waals surface area contributed by atoms with Crippen molar-refractivity contribution in [2.45, 2.75) is 19.9 Å². The molecule has 1 atom stereocenters. The summed E-state index contributed by atoms with van der Waals surface area (Å²) in [5.41, 5.74) is 0.205. The summed E-state index contributed by atoms with van der Waals surface area (Å²) in [7, 11) is 0. The SMILES string of the molecule is CC(C)C(C#N)NC(=O)c1c(Cl)cccc1Cl. The van der Waals surface area contributed by atoms with Crippen LogP contribution in [0.15, 0.2) is 18.2 Å². The molecule has 1 rings (SSSR count). The second-order valence-corrected chi connectivity index (χ2v) is 4.74. The minimum Gasteiger partial charge on any atom is -0.336 e. The van der Waals surface area contributed by atoms with E-state index in [0.717, 1.165) is 0 Å². The van der Waals surface area contributed by atoms with Gasteiger partial charge in [-0.2, -0.15) is 5.26 Å². The average molecular weight is 271 g/mol. The molecular formula is C12H12Cl2N2O. The highest BCUT2D eigenvalue weighted by Crippen LogP contribution is 2.24. The minimum absolute atomic E-state index is 0.0187. The molecule has 1 aromatic rings. The zero-order valence-corrected chi connectivity index (χ0v) is 11.0. The molecule has 5 heteroatoms. The van der Waals surface area contributed by atoms with Crippen LogP contribution in [0.1, 0.15) is 24.2 Å². The van der Waals surface area contributed by atoms with E-state index in [1.54, 1.807) is 18.2 Å². The van der Waals surface area contributed by atoms with Crippen LogP contribution in [-0.4, -0.2) is 11.9 Å². The quantitative estimate of drug-likeness (QED) is 0.917. The Balaban J connectivity index is 2.95. The highest BCUT2D eigenvalue weighted by atomic mass is 35.5. The van der Waals surface area contributed by atoms with Crippen molar-refractivity contribution in [3.8, 4) is 6.07 Å². The van der Waals surface area contributed by atoms with Gasteiger partial charge in [-0.25, -0.2) is 0 Å². The third-order valence-corrected chi connectivity index (χ3v) is 2.91. The van der Waals surface area contributed by atoms with Gasteiger partial charge in [-0.1, -0.05) is 43.1 Å². The fourth-order valence-electron chi connectivity index (χ4n) is 1.28. The molecule has 0 bridgehead atoms. The highest BCUT2D eigenvalue weighted by Gasteiger charge is 2.20. The Morgan fingerprint density at radius 3 is 2.29 bits per heavy atom. The summed E-state index contributed by atoms with van der Waals surface area (Å²) in [6, 6.07) is 6.29. The van der Waals surface area contributed by atoms with Crippen LogP contribution >= 0.6 is 23.2 Å². The second-order valence-electron chi connectivity index (χ2n) is 3.92. The number of carbonyl (C=O) groups excluding carboxylic acids is 1. The van der Waals surface area contributed by atoms with Crippen molar-refractivity contribution in [3.05, 3.63) is 33.8 Å². The number of nitrogens with zero attached hydrogens (tertiary/aromatic N) is 1. The number of benzene rings is 1. The predicted octanol–water partition coefficient (Wildman–Crippen LogP) is 3.27. The van der Waals surface area contributed by atoms with Crippen LogP contribution in [0, 0.1) is 17.2 Å². The number of hydrogen-bond donors (Lipinski definition) is 1. The first kappa shape index (κ1) is 13.8. The lowest BCUT2D eigenvalue weighted by Gasteiger charge is -2.15. The minimum atomic E-state index is -0.560. The Hall–Kier alpha value is -1.24. The van der Waals surface area contributed by atoms with Gasteiger partial charge in [0.1, 0.15) is 6.04 Å². The Morgan fingerprint density at radius 1 is 1.35 bits per heavy atom. The van der Waals surface area contributed by atoms with Crippen molar-refractivity contribution in [2.24, 2.45) is 5.92 Å². The van der Waals surface area contributed by atoms with Gasteiger partial charge in [-0.05, 0) is 18.1 Å². The monoisotopic (exact) mass is 270 g/mol. The molecule has 1 amide bonds. The molecule has 0 saturated carbocycles. The van der Waals surface area contributed by atoms with E-state index in [4.69, 9.17) is 28.5 Å². The van der Waals surface area contributed by atoms with E-state index in [-0.39, 0.29) is 21.5 Å². The summed E-state index contributed by atoms with van der Waals surface area (Å²) in [6.07, 6.45) is 0. The van der Waals surface area contributed by atoms with Crippen molar-refractivity contribution in [1.82, 2.24) is 5.32 Å². The van der Waals surface area contributed by atoms with Gasteiger partial charge in [-0.3, -0.25) is 4.79 Å². The standard InChI is InChI=1S/C12H12Cl2N2O/c1-7(2)10(6-15)16-12(17)11-8(13)4-3-5-9(11)14/h3-5,7,10H,1-2H3,(H,16,17). The molecule has 0 spiro atoms. The van der Waals surface area contributed by atoms with Gasteiger partial charge in [0.05, 0.1) is 21.7 Å². The van der Waals surface area contributed by atoms with Crippen LogP contribution in [-0.2, 0) is 0 Å².